The van der Waals surface area contributed by atoms with Crippen LogP contribution in [0.4, 0.5) is 0 Å². The second-order valence-corrected chi connectivity index (χ2v) is 6.57. The Kier molecular flexibility index (Phi) is 4.91. The second kappa shape index (κ2) is 7.64. The molecule has 136 valence electrons. The number of hydrogen-bond donors (Lipinski definition) is 0. The summed E-state index contributed by atoms with van der Waals surface area (Å²) in [6.07, 6.45) is 6.55. The molecule has 1 saturated heterocycles. The van der Waals surface area contributed by atoms with Gasteiger partial charge in [-0.05, 0) is 36.2 Å². The van der Waals surface area contributed by atoms with Crippen LogP contribution < -0.4 is 14.2 Å². The minimum Gasteiger partial charge on any atom is -0.490 e. The highest BCUT2D eigenvalue weighted by molar-refractivity contribution is 5.76. The van der Waals surface area contributed by atoms with Gasteiger partial charge in [0.05, 0.1) is 0 Å². The Morgan fingerprint density at radius 1 is 1.12 bits per heavy atom. The number of piperidine rings is 1. The molecule has 1 aromatic heterocycles. The molecule has 0 unspecified atom stereocenters. The van der Waals surface area contributed by atoms with Crippen LogP contribution in [-0.2, 0) is 11.2 Å². The van der Waals surface area contributed by atoms with Gasteiger partial charge in [-0.2, -0.15) is 0 Å². The van der Waals surface area contributed by atoms with Gasteiger partial charge >= 0.3 is 0 Å². The summed E-state index contributed by atoms with van der Waals surface area (Å²) in [7, 11) is 0. The Balaban J connectivity index is 1.23. The van der Waals surface area contributed by atoms with Crippen molar-refractivity contribution >= 4 is 5.91 Å². The number of pyridine rings is 1. The zero-order chi connectivity index (χ0) is 17.8. The van der Waals surface area contributed by atoms with Crippen LogP contribution in [0.15, 0.2) is 42.7 Å². The first-order chi connectivity index (χ1) is 12.8. The fourth-order valence-electron chi connectivity index (χ4n) is 3.34. The summed E-state index contributed by atoms with van der Waals surface area (Å²) in [4.78, 5) is 18.4. The number of amides is 1. The number of fused-ring (bicyclic) bond motifs is 1. The lowest BCUT2D eigenvalue weighted by Gasteiger charge is -2.32. The predicted molar refractivity (Wildman–Crippen MR) is 95.4 cm³/mol. The molecule has 2 aromatic rings. The number of likely N-dealkylation sites (tertiary alicyclic amines) is 1. The maximum atomic E-state index is 12.5. The summed E-state index contributed by atoms with van der Waals surface area (Å²) in [6, 6.07) is 9.59. The Bertz CT molecular complexity index is 758. The van der Waals surface area contributed by atoms with Crippen molar-refractivity contribution in [2.24, 2.45) is 0 Å². The van der Waals surface area contributed by atoms with Gasteiger partial charge in [0.2, 0.25) is 12.7 Å². The molecule has 2 aliphatic rings. The number of carbonyl (C=O) groups excluding carboxylic acids is 1. The van der Waals surface area contributed by atoms with Crippen molar-refractivity contribution in [2.45, 2.75) is 31.8 Å². The Morgan fingerprint density at radius 3 is 2.69 bits per heavy atom. The van der Waals surface area contributed by atoms with Crippen LogP contribution in [0.3, 0.4) is 0 Å². The molecule has 0 bridgehead atoms. The maximum Gasteiger partial charge on any atom is 0.231 e. The minimum absolute atomic E-state index is 0.162. The number of hydrogen-bond acceptors (Lipinski definition) is 5. The molecule has 1 aromatic carbocycles. The summed E-state index contributed by atoms with van der Waals surface area (Å²) in [5.41, 5.74) is 1.10. The lowest BCUT2D eigenvalue weighted by atomic mass is 10.1. The fraction of sp³-hybridized carbons (Fsp3) is 0.400. The topological polar surface area (TPSA) is 60.9 Å². The van der Waals surface area contributed by atoms with Gasteiger partial charge in [-0.1, -0.05) is 6.07 Å². The summed E-state index contributed by atoms with van der Waals surface area (Å²) in [5, 5.41) is 0. The van der Waals surface area contributed by atoms with E-state index in [2.05, 4.69) is 4.98 Å². The van der Waals surface area contributed by atoms with E-state index in [-0.39, 0.29) is 18.8 Å². The average Bonchev–Trinajstić information content (AvgIpc) is 3.15. The van der Waals surface area contributed by atoms with Gasteiger partial charge in [0.1, 0.15) is 11.9 Å². The third kappa shape index (κ3) is 3.90. The molecule has 0 N–H and O–H groups in total. The molecule has 1 fully saturated rings. The monoisotopic (exact) mass is 354 g/mol. The minimum atomic E-state index is 0.162. The molecule has 6 nitrogen and oxygen atoms in total. The summed E-state index contributed by atoms with van der Waals surface area (Å²) in [6.45, 7) is 1.76. The molecular formula is C20H22N2O4. The fourth-order valence-corrected chi connectivity index (χ4v) is 3.34. The van der Waals surface area contributed by atoms with Crippen LogP contribution in [0.1, 0.15) is 24.8 Å². The van der Waals surface area contributed by atoms with Gasteiger partial charge in [0, 0.05) is 44.7 Å². The Labute approximate surface area is 152 Å². The van der Waals surface area contributed by atoms with Gasteiger partial charge in [0.15, 0.2) is 11.5 Å². The van der Waals surface area contributed by atoms with Gasteiger partial charge in [-0.3, -0.25) is 9.78 Å². The lowest BCUT2D eigenvalue weighted by Crippen LogP contribution is -2.41. The highest BCUT2D eigenvalue weighted by Gasteiger charge is 2.24. The van der Waals surface area contributed by atoms with Gasteiger partial charge in [0.25, 0.3) is 0 Å². The van der Waals surface area contributed by atoms with E-state index in [1.165, 1.54) is 0 Å². The average molecular weight is 354 g/mol. The summed E-state index contributed by atoms with van der Waals surface area (Å²) < 4.78 is 16.7. The van der Waals surface area contributed by atoms with Gasteiger partial charge in [-0.15, -0.1) is 0 Å². The van der Waals surface area contributed by atoms with Crippen LogP contribution >= 0.6 is 0 Å². The number of rotatable bonds is 5. The number of nitrogens with zero attached hydrogens (tertiary/aromatic N) is 2. The van der Waals surface area contributed by atoms with E-state index >= 15 is 0 Å². The van der Waals surface area contributed by atoms with Crippen molar-refractivity contribution < 1.29 is 19.0 Å². The molecule has 26 heavy (non-hydrogen) atoms. The van der Waals surface area contributed by atoms with Crippen molar-refractivity contribution in [3.63, 3.8) is 0 Å². The first-order valence-electron chi connectivity index (χ1n) is 9.01. The van der Waals surface area contributed by atoms with Crippen molar-refractivity contribution in [3.8, 4) is 17.2 Å². The molecule has 0 radical (unpaired) electrons. The summed E-state index contributed by atoms with van der Waals surface area (Å²) >= 11 is 0. The van der Waals surface area contributed by atoms with Crippen LogP contribution in [0, 0.1) is 0 Å². The van der Waals surface area contributed by atoms with Crippen molar-refractivity contribution in [3.05, 3.63) is 48.3 Å². The molecule has 2 aliphatic heterocycles. The van der Waals surface area contributed by atoms with E-state index in [0.717, 1.165) is 48.7 Å². The lowest BCUT2D eigenvalue weighted by molar-refractivity contribution is -0.132. The number of ether oxygens (including phenoxy) is 3. The van der Waals surface area contributed by atoms with Gasteiger partial charge < -0.3 is 19.1 Å². The SMILES string of the molecule is O=C(CCc1ccc2c(c1)OCO2)N1CCC(Oc2ccncc2)CC1. The third-order valence-electron chi connectivity index (χ3n) is 4.81. The Morgan fingerprint density at radius 2 is 1.88 bits per heavy atom. The van der Waals surface area contributed by atoms with Crippen molar-refractivity contribution in [1.29, 1.82) is 0 Å². The Hall–Kier alpha value is -2.76. The van der Waals surface area contributed by atoms with E-state index in [0.29, 0.717) is 12.8 Å². The number of benzene rings is 1. The number of carbonyl (C=O) groups is 1. The predicted octanol–water partition coefficient (Wildman–Crippen LogP) is 2.81. The number of aryl methyl sites for hydroxylation is 1. The highest BCUT2D eigenvalue weighted by Crippen LogP contribution is 2.32. The molecule has 6 heteroatoms. The van der Waals surface area contributed by atoms with Crippen molar-refractivity contribution in [1.82, 2.24) is 9.88 Å². The van der Waals surface area contributed by atoms with Crippen molar-refractivity contribution in [2.75, 3.05) is 19.9 Å². The van der Waals surface area contributed by atoms with E-state index in [1.807, 2.05) is 35.2 Å². The largest absolute Gasteiger partial charge is 0.490 e. The second-order valence-electron chi connectivity index (χ2n) is 6.57. The molecule has 3 heterocycles. The molecule has 1 amide bonds. The smallest absolute Gasteiger partial charge is 0.231 e. The molecule has 0 spiro atoms. The maximum absolute atomic E-state index is 12.5. The van der Waals surface area contributed by atoms with E-state index < -0.39 is 0 Å². The van der Waals surface area contributed by atoms with Gasteiger partial charge in [-0.25, -0.2) is 0 Å². The zero-order valence-electron chi connectivity index (χ0n) is 14.6. The standard InChI is InChI=1S/C20H22N2O4/c23-20(4-2-15-1-3-18-19(13-15)25-14-24-18)22-11-7-17(8-12-22)26-16-5-9-21-10-6-16/h1,3,5-6,9-10,13,17H,2,4,7-8,11-12,14H2. The molecule has 0 atom stereocenters. The summed E-state index contributed by atoms with van der Waals surface area (Å²) in [5.74, 6) is 2.58. The van der Waals surface area contributed by atoms with Crippen LogP contribution in [0.25, 0.3) is 0 Å². The zero-order valence-corrected chi connectivity index (χ0v) is 14.6. The van der Waals surface area contributed by atoms with E-state index in [4.69, 9.17) is 14.2 Å². The highest BCUT2D eigenvalue weighted by atomic mass is 16.7. The van der Waals surface area contributed by atoms with Crippen LogP contribution in [0.5, 0.6) is 17.2 Å². The van der Waals surface area contributed by atoms with E-state index in [9.17, 15) is 4.79 Å². The molecule has 4 rings (SSSR count). The molecule has 0 saturated carbocycles. The normalized spacial score (nSPS) is 16.5. The van der Waals surface area contributed by atoms with Crippen LogP contribution in [-0.4, -0.2) is 41.8 Å². The molecule has 0 aliphatic carbocycles. The number of aromatic nitrogens is 1. The first kappa shape index (κ1) is 16.7. The van der Waals surface area contributed by atoms with E-state index in [1.54, 1.807) is 12.4 Å². The molecular weight excluding hydrogens is 332 g/mol. The first-order valence-corrected chi connectivity index (χ1v) is 9.01. The van der Waals surface area contributed by atoms with Crippen LogP contribution in [0.2, 0.25) is 0 Å². The quantitative estimate of drug-likeness (QED) is 0.826. The third-order valence-corrected chi connectivity index (χ3v) is 4.81.